The van der Waals surface area contributed by atoms with Crippen LogP contribution in [0, 0.1) is 46.3 Å². The van der Waals surface area contributed by atoms with Crippen molar-refractivity contribution in [3.8, 4) is 0 Å². The second kappa shape index (κ2) is 7.44. The zero-order chi connectivity index (χ0) is 21.3. The lowest BCUT2D eigenvalue weighted by atomic mass is 9.44. The van der Waals surface area contributed by atoms with Crippen molar-refractivity contribution in [2.24, 2.45) is 46.3 Å². The van der Waals surface area contributed by atoms with E-state index in [0.29, 0.717) is 30.1 Å². The Morgan fingerprint density at radius 2 is 1.83 bits per heavy atom. The standard InChI is InChI=1S/C27H45FO2/c1-17(2)6-5-7-18(3)21-8-9-22-20-14-24-27(30-24)15-19(28)10-13-26(27,16-29)23(20)11-12-25(21,22)4/h17-24,29H,5-16H2,1-4H3. The number of epoxide rings is 1. The fourth-order valence-corrected chi connectivity index (χ4v) is 9.74. The van der Waals surface area contributed by atoms with E-state index in [1.807, 2.05) is 0 Å². The third-order valence-corrected chi connectivity index (χ3v) is 11.2. The Morgan fingerprint density at radius 1 is 1.03 bits per heavy atom. The summed E-state index contributed by atoms with van der Waals surface area (Å²) in [4.78, 5) is 0. The average molecular weight is 421 g/mol. The van der Waals surface area contributed by atoms with Crippen LogP contribution in [-0.4, -0.2) is 29.6 Å². The van der Waals surface area contributed by atoms with Crippen LogP contribution < -0.4 is 0 Å². The quantitative estimate of drug-likeness (QED) is 0.494. The molecule has 30 heavy (non-hydrogen) atoms. The van der Waals surface area contributed by atoms with Gasteiger partial charge in [0.15, 0.2) is 0 Å². The first kappa shape index (κ1) is 21.7. The van der Waals surface area contributed by atoms with Gasteiger partial charge in [-0.1, -0.05) is 47.0 Å². The Bertz CT molecular complexity index is 651. The Kier molecular flexibility index (Phi) is 5.38. The summed E-state index contributed by atoms with van der Waals surface area (Å²) in [5.74, 6) is 4.50. The summed E-state index contributed by atoms with van der Waals surface area (Å²) >= 11 is 0. The number of hydrogen-bond acceptors (Lipinski definition) is 2. The van der Waals surface area contributed by atoms with Crippen molar-refractivity contribution in [2.45, 2.75) is 116 Å². The van der Waals surface area contributed by atoms with E-state index in [0.717, 1.165) is 36.5 Å². The lowest BCUT2D eigenvalue weighted by Crippen LogP contribution is -2.61. The fourth-order valence-electron chi connectivity index (χ4n) is 9.74. The van der Waals surface area contributed by atoms with Gasteiger partial charge in [0.05, 0.1) is 12.7 Å². The number of rotatable bonds is 6. The third kappa shape index (κ3) is 2.93. The molecule has 2 nitrogen and oxygen atoms in total. The number of ether oxygens (including phenoxy) is 1. The minimum absolute atomic E-state index is 0.161. The van der Waals surface area contributed by atoms with Crippen molar-refractivity contribution in [3.05, 3.63) is 0 Å². The highest BCUT2D eigenvalue weighted by atomic mass is 19.1. The fraction of sp³-hybridized carbons (Fsp3) is 1.00. The average Bonchev–Trinajstić information content (AvgIpc) is 3.26. The molecule has 4 saturated carbocycles. The predicted octanol–water partition coefficient (Wildman–Crippen LogP) is 6.55. The van der Waals surface area contributed by atoms with Crippen LogP contribution in [0.2, 0.25) is 0 Å². The van der Waals surface area contributed by atoms with Crippen molar-refractivity contribution < 1.29 is 14.2 Å². The molecule has 5 aliphatic rings. The second-order valence-electron chi connectivity index (χ2n) is 12.8. The van der Waals surface area contributed by atoms with Crippen molar-refractivity contribution in [1.29, 1.82) is 0 Å². The molecule has 5 fully saturated rings. The maximum Gasteiger partial charge on any atom is 0.106 e. The largest absolute Gasteiger partial charge is 0.396 e. The van der Waals surface area contributed by atoms with Crippen LogP contribution in [0.25, 0.3) is 0 Å². The predicted molar refractivity (Wildman–Crippen MR) is 119 cm³/mol. The molecular weight excluding hydrogens is 375 g/mol. The second-order valence-corrected chi connectivity index (χ2v) is 12.8. The van der Waals surface area contributed by atoms with E-state index in [2.05, 4.69) is 27.7 Å². The molecule has 4 aliphatic carbocycles. The molecule has 172 valence electrons. The molecular formula is C27H45FO2. The van der Waals surface area contributed by atoms with Crippen LogP contribution in [-0.2, 0) is 4.74 Å². The van der Waals surface area contributed by atoms with Crippen LogP contribution in [0.1, 0.15) is 98.3 Å². The van der Waals surface area contributed by atoms with E-state index in [1.165, 1.54) is 44.9 Å². The summed E-state index contributed by atoms with van der Waals surface area (Å²) in [6.07, 6.45) is 12.0. The highest BCUT2D eigenvalue weighted by Crippen LogP contribution is 2.74. The third-order valence-electron chi connectivity index (χ3n) is 11.2. The lowest BCUT2D eigenvalue weighted by molar-refractivity contribution is -0.138. The molecule has 1 aliphatic heterocycles. The van der Waals surface area contributed by atoms with E-state index in [-0.39, 0.29) is 23.7 Å². The van der Waals surface area contributed by atoms with E-state index >= 15 is 0 Å². The summed E-state index contributed by atoms with van der Waals surface area (Å²) in [7, 11) is 0. The molecule has 0 bridgehead atoms. The van der Waals surface area contributed by atoms with Gasteiger partial charge < -0.3 is 9.84 Å². The minimum atomic E-state index is -0.734. The van der Waals surface area contributed by atoms with E-state index < -0.39 is 6.17 Å². The smallest absolute Gasteiger partial charge is 0.106 e. The SMILES string of the molecule is CC(C)CCCC(C)C1CCC2C3CC4OC45CC(F)CCC5(CO)C3CCC12C. The van der Waals surface area contributed by atoms with Crippen molar-refractivity contribution in [2.75, 3.05) is 6.61 Å². The number of halogens is 1. The molecule has 0 aromatic rings. The topological polar surface area (TPSA) is 32.8 Å². The molecule has 0 radical (unpaired) electrons. The van der Waals surface area contributed by atoms with Crippen LogP contribution in [0.5, 0.6) is 0 Å². The zero-order valence-corrected chi connectivity index (χ0v) is 19.8. The first-order chi connectivity index (χ1) is 14.3. The maximum atomic E-state index is 14.4. The van der Waals surface area contributed by atoms with Crippen LogP contribution in [0.15, 0.2) is 0 Å². The van der Waals surface area contributed by atoms with E-state index in [1.54, 1.807) is 0 Å². The molecule has 1 spiro atoms. The Hall–Kier alpha value is -0.150. The number of aliphatic hydroxyl groups excluding tert-OH is 1. The molecule has 0 aromatic heterocycles. The highest BCUT2D eigenvalue weighted by Gasteiger charge is 2.77. The van der Waals surface area contributed by atoms with Gasteiger partial charge in [-0.2, -0.15) is 0 Å². The number of aliphatic hydroxyl groups is 1. The van der Waals surface area contributed by atoms with Gasteiger partial charge in [0.2, 0.25) is 0 Å². The zero-order valence-electron chi connectivity index (χ0n) is 19.8. The molecule has 0 aromatic carbocycles. The number of hydrogen-bond donors (Lipinski definition) is 1. The van der Waals surface area contributed by atoms with Crippen molar-refractivity contribution in [3.63, 3.8) is 0 Å². The molecule has 1 N–H and O–H groups in total. The van der Waals surface area contributed by atoms with E-state index in [9.17, 15) is 9.50 Å². The van der Waals surface area contributed by atoms with Crippen LogP contribution in [0.4, 0.5) is 4.39 Å². The number of alkyl halides is 1. The van der Waals surface area contributed by atoms with Gasteiger partial charge in [-0.05, 0) is 85.9 Å². The molecule has 1 heterocycles. The van der Waals surface area contributed by atoms with Gasteiger partial charge >= 0.3 is 0 Å². The summed E-state index contributed by atoms with van der Waals surface area (Å²) in [5, 5.41) is 10.7. The van der Waals surface area contributed by atoms with Gasteiger partial charge in [-0.25, -0.2) is 4.39 Å². The molecule has 10 unspecified atom stereocenters. The van der Waals surface area contributed by atoms with Gasteiger partial charge in [-0.15, -0.1) is 0 Å². The summed E-state index contributed by atoms with van der Waals surface area (Å²) in [6.45, 7) is 10.0. The Morgan fingerprint density at radius 3 is 2.57 bits per heavy atom. The molecule has 5 rings (SSSR count). The summed E-state index contributed by atoms with van der Waals surface area (Å²) in [5.41, 5.74) is -0.0246. The first-order valence-electron chi connectivity index (χ1n) is 13.2. The minimum Gasteiger partial charge on any atom is -0.396 e. The number of fused-ring (bicyclic) bond motifs is 4. The highest BCUT2D eigenvalue weighted by molar-refractivity contribution is 5.25. The molecule has 10 atom stereocenters. The first-order valence-corrected chi connectivity index (χ1v) is 13.2. The molecule has 0 amide bonds. The lowest BCUT2D eigenvalue weighted by Gasteiger charge is -2.60. The Labute approximate surface area is 183 Å². The van der Waals surface area contributed by atoms with Gasteiger partial charge in [0, 0.05) is 11.8 Å². The van der Waals surface area contributed by atoms with Crippen molar-refractivity contribution in [1.82, 2.24) is 0 Å². The van der Waals surface area contributed by atoms with Crippen molar-refractivity contribution >= 4 is 0 Å². The molecule has 3 heteroatoms. The Balaban J connectivity index is 1.35. The summed E-state index contributed by atoms with van der Waals surface area (Å²) < 4.78 is 20.7. The van der Waals surface area contributed by atoms with E-state index in [4.69, 9.17) is 4.74 Å². The molecule has 1 saturated heterocycles. The monoisotopic (exact) mass is 420 g/mol. The van der Waals surface area contributed by atoms with Crippen LogP contribution >= 0.6 is 0 Å². The van der Waals surface area contributed by atoms with Crippen LogP contribution in [0.3, 0.4) is 0 Å². The van der Waals surface area contributed by atoms with Gasteiger partial charge in [-0.3, -0.25) is 0 Å². The van der Waals surface area contributed by atoms with Gasteiger partial charge in [0.25, 0.3) is 0 Å². The summed E-state index contributed by atoms with van der Waals surface area (Å²) in [6, 6.07) is 0. The normalized spacial score (nSPS) is 52.9. The van der Waals surface area contributed by atoms with Gasteiger partial charge in [0.1, 0.15) is 11.8 Å². The maximum absolute atomic E-state index is 14.4.